The van der Waals surface area contributed by atoms with Gasteiger partial charge in [0.2, 0.25) is 11.5 Å². The maximum absolute atomic E-state index is 10.7. The van der Waals surface area contributed by atoms with Gasteiger partial charge in [-0.3, -0.25) is 4.79 Å². The number of ether oxygens (including phenoxy) is 1. The highest BCUT2D eigenvalue weighted by molar-refractivity contribution is 6.23. The minimum Gasteiger partial charge on any atom is -0.470 e. The minimum atomic E-state index is -0.802. The smallest absolute Gasteiger partial charge is 0.209 e. The van der Waals surface area contributed by atoms with Gasteiger partial charge in [-0.05, 0) is 22.9 Å². The Labute approximate surface area is 116 Å². The topological polar surface area (TPSA) is 29.5 Å². The highest BCUT2D eigenvalue weighted by Gasteiger charge is 2.38. The van der Waals surface area contributed by atoms with Crippen molar-refractivity contribution < 1.29 is 9.53 Å². The normalized spacial score (nSPS) is 22.7. The zero-order valence-electron chi connectivity index (χ0n) is 10.4. The van der Waals surface area contributed by atoms with E-state index in [0.29, 0.717) is 19.5 Å². The fraction of sp³-hybridized carbons (Fsp3) is 0.267. The van der Waals surface area contributed by atoms with Crippen LogP contribution in [-0.2, 0) is 4.79 Å². The summed E-state index contributed by atoms with van der Waals surface area (Å²) in [6.45, 7) is 1.06. The molecule has 0 N–H and O–H groups in total. The molecule has 19 heavy (non-hydrogen) atoms. The van der Waals surface area contributed by atoms with E-state index in [1.54, 1.807) is 4.90 Å². The monoisotopic (exact) mass is 275 g/mol. The Hall–Kier alpha value is -1.74. The molecule has 4 heteroatoms. The molecule has 3 rings (SSSR count). The third-order valence-electron chi connectivity index (χ3n) is 3.38. The molecule has 0 spiro atoms. The lowest BCUT2D eigenvalue weighted by Gasteiger charge is -2.23. The van der Waals surface area contributed by atoms with Crippen LogP contribution in [0.2, 0.25) is 0 Å². The van der Waals surface area contributed by atoms with Crippen molar-refractivity contribution in [3.05, 3.63) is 42.5 Å². The van der Waals surface area contributed by atoms with Crippen LogP contribution < -0.4 is 4.74 Å². The van der Waals surface area contributed by atoms with Crippen LogP contribution in [0.15, 0.2) is 42.5 Å². The van der Waals surface area contributed by atoms with Gasteiger partial charge in [-0.15, -0.1) is 0 Å². The number of rotatable bonds is 3. The lowest BCUT2D eigenvalue weighted by molar-refractivity contribution is -0.117. The molecule has 1 fully saturated rings. The van der Waals surface area contributed by atoms with E-state index >= 15 is 0 Å². The van der Waals surface area contributed by atoms with E-state index in [-0.39, 0.29) is 0 Å². The van der Waals surface area contributed by atoms with Crippen molar-refractivity contribution in [2.45, 2.75) is 11.5 Å². The van der Waals surface area contributed by atoms with Crippen LogP contribution in [0, 0.1) is 0 Å². The van der Waals surface area contributed by atoms with Crippen molar-refractivity contribution in [2.24, 2.45) is 0 Å². The van der Waals surface area contributed by atoms with Crippen LogP contribution in [-0.4, -0.2) is 29.5 Å². The van der Waals surface area contributed by atoms with Crippen LogP contribution >= 0.6 is 11.6 Å². The molecular weight excluding hydrogens is 262 g/mol. The molecule has 0 aliphatic carbocycles. The Kier molecular flexibility index (Phi) is 3.07. The van der Waals surface area contributed by atoms with Crippen molar-refractivity contribution >= 4 is 28.8 Å². The number of nitrogens with zero attached hydrogens (tertiary/aromatic N) is 1. The maximum Gasteiger partial charge on any atom is 0.209 e. The van der Waals surface area contributed by atoms with Crippen LogP contribution in [0.25, 0.3) is 10.8 Å². The first-order chi connectivity index (χ1) is 9.18. The summed E-state index contributed by atoms with van der Waals surface area (Å²) in [7, 11) is 0. The first-order valence-electron chi connectivity index (χ1n) is 6.25. The number of likely N-dealkylation sites (tertiary alicyclic amines) is 1. The molecule has 0 radical (unpaired) electrons. The number of hydrogen-bond donors (Lipinski definition) is 0. The Morgan fingerprint density at radius 1 is 1.21 bits per heavy atom. The average Bonchev–Trinajstić information content (AvgIpc) is 2.80. The molecule has 0 aromatic heterocycles. The number of hydrogen-bond acceptors (Lipinski definition) is 2. The average molecular weight is 276 g/mol. The first kappa shape index (κ1) is 12.3. The molecule has 98 valence electrons. The number of fused-ring (bicyclic) bond motifs is 1. The van der Waals surface area contributed by atoms with Gasteiger partial charge in [0.15, 0.2) is 0 Å². The number of amides is 1. The van der Waals surface area contributed by atoms with E-state index < -0.39 is 5.06 Å². The highest BCUT2D eigenvalue weighted by Crippen LogP contribution is 2.32. The fourth-order valence-corrected chi connectivity index (χ4v) is 2.71. The lowest BCUT2D eigenvalue weighted by Crippen LogP contribution is -2.33. The molecule has 0 bridgehead atoms. The van der Waals surface area contributed by atoms with Gasteiger partial charge in [0.1, 0.15) is 5.75 Å². The van der Waals surface area contributed by atoms with E-state index in [9.17, 15) is 4.79 Å². The summed E-state index contributed by atoms with van der Waals surface area (Å²) in [6.07, 6.45) is 1.45. The van der Waals surface area contributed by atoms with Gasteiger partial charge < -0.3 is 9.64 Å². The number of benzene rings is 2. The summed E-state index contributed by atoms with van der Waals surface area (Å²) >= 11 is 6.41. The zero-order chi connectivity index (χ0) is 13.3. The number of alkyl halides is 1. The summed E-state index contributed by atoms with van der Waals surface area (Å²) in [6, 6.07) is 14.0. The summed E-state index contributed by atoms with van der Waals surface area (Å²) in [5.41, 5.74) is 0. The molecule has 1 amide bonds. The predicted octanol–water partition coefficient (Wildman–Crippen LogP) is 3.02. The van der Waals surface area contributed by atoms with Crippen molar-refractivity contribution in [3.63, 3.8) is 0 Å². The van der Waals surface area contributed by atoms with Gasteiger partial charge in [-0.2, -0.15) is 0 Å². The highest BCUT2D eigenvalue weighted by atomic mass is 35.5. The molecule has 0 saturated carbocycles. The quantitative estimate of drug-likeness (QED) is 0.637. The molecular formula is C15H14ClNO2. The van der Waals surface area contributed by atoms with Crippen molar-refractivity contribution in [2.75, 3.05) is 13.1 Å². The van der Waals surface area contributed by atoms with Gasteiger partial charge >= 0.3 is 0 Å². The second-order valence-corrected chi connectivity index (χ2v) is 5.51. The maximum atomic E-state index is 10.7. The zero-order valence-corrected chi connectivity index (χ0v) is 11.1. The molecule has 2 aromatic rings. The van der Waals surface area contributed by atoms with Crippen LogP contribution in [0.5, 0.6) is 5.75 Å². The predicted molar refractivity (Wildman–Crippen MR) is 75.4 cm³/mol. The summed E-state index contributed by atoms with van der Waals surface area (Å²) in [5.74, 6) is 0.737. The summed E-state index contributed by atoms with van der Waals surface area (Å²) in [4.78, 5) is 12.4. The van der Waals surface area contributed by atoms with Gasteiger partial charge in [0.05, 0.1) is 6.54 Å². The molecule has 1 saturated heterocycles. The van der Waals surface area contributed by atoms with Crippen LogP contribution in [0.3, 0.4) is 0 Å². The second kappa shape index (κ2) is 4.74. The second-order valence-electron chi connectivity index (χ2n) is 4.82. The molecule has 1 aliphatic rings. The summed E-state index contributed by atoms with van der Waals surface area (Å²) < 4.78 is 5.87. The van der Waals surface area contributed by atoms with E-state index in [2.05, 4.69) is 6.07 Å². The van der Waals surface area contributed by atoms with Crippen molar-refractivity contribution in [1.82, 2.24) is 4.90 Å². The number of carbonyl (C=O) groups excluding carboxylic acids is 1. The molecule has 1 unspecified atom stereocenters. The molecule has 1 atom stereocenters. The van der Waals surface area contributed by atoms with E-state index in [0.717, 1.165) is 17.5 Å². The Morgan fingerprint density at radius 2 is 2.00 bits per heavy atom. The van der Waals surface area contributed by atoms with Crippen molar-refractivity contribution in [3.8, 4) is 5.75 Å². The SMILES string of the molecule is O=CN1CCC(Cl)(Oc2ccc3ccccc3c2)C1. The standard InChI is InChI=1S/C15H14ClNO2/c16-15(7-8-17(10-15)11-18)19-14-6-5-12-3-1-2-4-13(12)9-14/h1-6,9,11H,7-8,10H2. The molecule has 1 aliphatic heterocycles. The summed E-state index contributed by atoms with van der Waals surface area (Å²) in [5, 5.41) is 1.48. The first-order valence-corrected chi connectivity index (χ1v) is 6.62. The minimum absolute atomic E-state index is 0.422. The van der Waals surface area contributed by atoms with E-state index in [1.807, 2.05) is 36.4 Å². The van der Waals surface area contributed by atoms with Gasteiger partial charge in [0.25, 0.3) is 0 Å². The third kappa shape index (κ3) is 2.51. The lowest BCUT2D eigenvalue weighted by atomic mass is 10.1. The Bertz CT molecular complexity index is 616. The Balaban J connectivity index is 1.83. The Morgan fingerprint density at radius 3 is 2.74 bits per heavy atom. The van der Waals surface area contributed by atoms with Crippen LogP contribution in [0.1, 0.15) is 6.42 Å². The van der Waals surface area contributed by atoms with Gasteiger partial charge in [-0.25, -0.2) is 0 Å². The third-order valence-corrected chi connectivity index (χ3v) is 3.77. The largest absolute Gasteiger partial charge is 0.470 e. The van der Waals surface area contributed by atoms with E-state index in [1.165, 1.54) is 5.39 Å². The number of halogens is 1. The number of carbonyl (C=O) groups is 1. The molecule has 2 aromatic carbocycles. The van der Waals surface area contributed by atoms with Gasteiger partial charge in [-0.1, -0.05) is 41.9 Å². The van der Waals surface area contributed by atoms with Gasteiger partial charge in [0, 0.05) is 13.0 Å². The molecule has 1 heterocycles. The van der Waals surface area contributed by atoms with Crippen molar-refractivity contribution in [1.29, 1.82) is 0 Å². The molecule has 3 nitrogen and oxygen atoms in total. The van der Waals surface area contributed by atoms with E-state index in [4.69, 9.17) is 16.3 Å². The fourth-order valence-electron chi connectivity index (χ4n) is 2.39. The van der Waals surface area contributed by atoms with Crippen LogP contribution in [0.4, 0.5) is 0 Å².